The zero-order valence-electron chi connectivity index (χ0n) is 11.2. The molecule has 0 aliphatic heterocycles. The van der Waals surface area contributed by atoms with Crippen molar-refractivity contribution in [1.29, 1.82) is 0 Å². The van der Waals surface area contributed by atoms with Gasteiger partial charge < -0.3 is 5.73 Å². The van der Waals surface area contributed by atoms with Gasteiger partial charge >= 0.3 is 0 Å². The highest BCUT2D eigenvalue weighted by atomic mass is 79.9. The maximum atomic E-state index is 6.00. The zero-order chi connectivity index (χ0) is 14.4. The summed E-state index contributed by atoms with van der Waals surface area (Å²) in [6, 6.07) is 2.04. The molecule has 102 valence electrons. The normalized spacial score (nSPS) is 11.9. The van der Waals surface area contributed by atoms with Crippen LogP contribution in [0.5, 0.6) is 0 Å². The highest BCUT2D eigenvalue weighted by Gasteiger charge is 2.23. The molecule has 6 heteroatoms. The third-order valence-corrected chi connectivity index (χ3v) is 5.58. The average Bonchev–Trinajstić information content (AvgIpc) is 2.61. The molecule has 0 amide bonds. The van der Waals surface area contributed by atoms with Crippen LogP contribution in [0.2, 0.25) is 0 Å². The molecule has 19 heavy (non-hydrogen) atoms. The van der Waals surface area contributed by atoms with Gasteiger partial charge in [0.15, 0.2) is 5.82 Å². The zero-order valence-corrected chi connectivity index (χ0v) is 15.2. The summed E-state index contributed by atoms with van der Waals surface area (Å²) in [5.74, 6) is 1.17. The molecule has 0 aliphatic carbocycles. The van der Waals surface area contributed by atoms with E-state index in [1.807, 2.05) is 6.07 Å². The molecule has 0 saturated carbocycles. The van der Waals surface area contributed by atoms with Crippen LogP contribution in [-0.2, 0) is 5.41 Å². The number of aromatic nitrogens is 2. The minimum absolute atomic E-state index is 0.0891. The Morgan fingerprint density at radius 2 is 1.84 bits per heavy atom. The van der Waals surface area contributed by atoms with Crippen LogP contribution in [0.4, 0.5) is 5.82 Å². The maximum absolute atomic E-state index is 6.00. The molecule has 2 aromatic rings. The highest BCUT2D eigenvalue weighted by Crippen LogP contribution is 2.36. The molecule has 0 spiro atoms. The molecule has 0 radical (unpaired) electrons. The Labute approximate surface area is 133 Å². The molecule has 2 aromatic heterocycles. The van der Waals surface area contributed by atoms with Crippen molar-refractivity contribution >= 4 is 49.0 Å². The number of hydrogen-bond donors (Lipinski definition) is 1. The average molecular weight is 405 g/mol. The Morgan fingerprint density at radius 1 is 1.21 bits per heavy atom. The van der Waals surface area contributed by atoms with Crippen molar-refractivity contribution in [3.8, 4) is 10.7 Å². The second kappa shape index (κ2) is 5.14. The van der Waals surface area contributed by atoms with Gasteiger partial charge in [-0.3, -0.25) is 0 Å². The van der Waals surface area contributed by atoms with Crippen LogP contribution in [0.25, 0.3) is 10.7 Å². The van der Waals surface area contributed by atoms with E-state index in [-0.39, 0.29) is 5.41 Å². The van der Waals surface area contributed by atoms with Crippen LogP contribution in [0.15, 0.2) is 15.0 Å². The molecule has 2 N–H and O–H groups in total. The van der Waals surface area contributed by atoms with Gasteiger partial charge in [0.2, 0.25) is 0 Å². The van der Waals surface area contributed by atoms with Crippen LogP contribution in [0.1, 0.15) is 31.3 Å². The summed E-state index contributed by atoms with van der Waals surface area (Å²) in [6.45, 7) is 8.39. The van der Waals surface area contributed by atoms with Crippen molar-refractivity contribution in [2.75, 3.05) is 5.73 Å². The lowest BCUT2D eigenvalue weighted by atomic mass is 9.92. The molecular formula is C13H15Br2N3S. The van der Waals surface area contributed by atoms with Crippen molar-refractivity contribution in [2.24, 2.45) is 0 Å². The van der Waals surface area contributed by atoms with Crippen LogP contribution < -0.4 is 5.73 Å². The summed E-state index contributed by atoms with van der Waals surface area (Å²) in [7, 11) is 0. The number of anilines is 1. The van der Waals surface area contributed by atoms with E-state index in [2.05, 4.69) is 69.5 Å². The third-order valence-electron chi connectivity index (χ3n) is 2.66. The summed E-state index contributed by atoms with van der Waals surface area (Å²) in [6.07, 6.45) is 0. The van der Waals surface area contributed by atoms with E-state index in [4.69, 9.17) is 5.73 Å². The minimum Gasteiger partial charge on any atom is -0.383 e. The number of halogens is 2. The maximum Gasteiger partial charge on any atom is 0.171 e. The molecule has 3 nitrogen and oxygen atoms in total. The Balaban J connectivity index is 2.63. The number of nitrogens with zero attached hydrogens (tertiary/aromatic N) is 2. The Bertz CT molecular complexity index is 610. The van der Waals surface area contributed by atoms with E-state index in [0.717, 1.165) is 19.5 Å². The molecule has 0 unspecified atom stereocenters. The molecule has 0 aliphatic rings. The first kappa shape index (κ1) is 14.9. The second-order valence-electron chi connectivity index (χ2n) is 5.36. The van der Waals surface area contributed by atoms with Gasteiger partial charge in [-0.25, -0.2) is 9.97 Å². The van der Waals surface area contributed by atoms with E-state index in [1.165, 1.54) is 4.88 Å². The van der Waals surface area contributed by atoms with Gasteiger partial charge in [-0.2, -0.15) is 0 Å². The molecule has 2 heterocycles. The van der Waals surface area contributed by atoms with Crippen LogP contribution in [0.3, 0.4) is 0 Å². The summed E-state index contributed by atoms with van der Waals surface area (Å²) < 4.78 is 1.87. The van der Waals surface area contributed by atoms with Crippen molar-refractivity contribution in [2.45, 2.75) is 33.1 Å². The standard InChI is InChI=1S/C13H15Br2N3S/c1-6-7(14)5-8(19-6)12-17-10(13(2,3)4)9(15)11(16)18-12/h5H,1-4H3,(H2,16,17,18). The highest BCUT2D eigenvalue weighted by molar-refractivity contribution is 9.11. The monoisotopic (exact) mass is 403 g/mol. The number of nitrogen functional groups attached to an aromatic ring is 1. The van der Waals surface area contributed by atoms with E-state index >= 15 is 0 Å². The molecule has 0 atom stereocenters. The lowest BCUT2D eigenvalue weighted by Crippen LogP contribution is -2.16. The van der Waals surface area contributed by atoms with Crippen molar-refractivity contribution in [3.05, 3.63) is 25.6 Å². The largest absolute Gasteiger partial charge is 0.383 e. The Kier molecular flexibility index (Phi) is 4.05. The van der Waals surface area contributed by atoms with E-state index in [0.29, 0.717) is 11.6 Å². The quantitative estimate of drug-likeness (QED) is 0.733. The number of nitrogens with two attached hydrogens (primary N) is 1. The molecule has 0 bridgehead atoms. The van der Waals surface area contributed by atoms with Crippen molar-refractivity contribution < 1.29 is 0 Å². The van der Waals surface area contributed by atoms with E-state index in [1.54, 1.807) is 11.3 Å². The lowest BCUT2D eigenvalue weighted by Gasteiger charge is -2.20. The molecule has 2 rings (SSSR count). The molecule has 0 saturated heterocycles. The summed E-state index contributed by atoms with van der Waals surface area (Å²) >= 11 is 8.66. The smallest absolute Gasteiger partial charge is 0.171 e. The summed E-state index contributed by atoms with van der Waals surface area (Å²) in [4.78, 5) is 11.3. The first-order valence-corrected chi connectivity index (χ1v) is 8.20. The minimum atomic E-state index is -0.0891. The van der Waals surface area contributed by atoms with E-state index < -0.39 is 0 Å². The van der Waals surface area contributed by atoms with Gasteiger partial charge in [0, 0.05) is 14.8 Å². The lowest BCUT2D eigenvalue weighted by molar-refractivity contribution is 0.565. The SMILES string of the molecule is Cc1sc(-c2nc(N)c(Br)c(C(C)(C)C)n2)cc1Br. The Morgan fingerprint density at radius 3 is 2.32 bits per heavy atom. The molecular weight excluding hydrogens is 390 g/mol. The first-order valence-electron chi connectivity index (χ1n) is 5.80. The van der Waals surface area contributed by atoms with Gasteiger partial charge in [-0.1, -0.05) is 20.8 Å². The third kappa shape index (κ3) is 3.01. The number of thiophene rings is 1. The summed E-state index contributed by atoms with van der Waals surface area (Å²) in [5.41, 5.74) is 6.83. The Hall–Kier alpha value is -0.460. The van der Waals surface area contributed by atoms with Gasteiger partial charge in [0.05, 0.1) is 15.0 Å². The fourth-order valence-electron chi connectivity index (χ4n) is 1.64. The van der Waals surface area contributed by atoms with Crippen molar-refractivity contribution in [3.63, 3.8) is 0 Å². The number of aryl methyl sites for hydroxylation is 1. The van der Waals surface area contributed by atoms with Crippen LogP contribution in [0, 0.1) is 6.92 Å². The first-order chi connectivity index (χ1) is 8.70. The topological polar surface area (TPSA) is 51.8 Å². The molecule has 0 aromatic carbocycles. The van der Waals surface area contributed by atoms with Crippen molar-refractivity contribution in [1.82, 2.24) is 9.97 Å². The fourth-order valence-corrected chi connectivity index (χ4v) is 3.88. The van der Waals surface area contributed by atoms with Gasteiger partial charge in [0.1, 0.15) is 5.82 Å². The fraction of sp³-hybridized carbons (Fsp3) is 0.385. The number of rotatable bonds is 1. The number of hydrogen-bond acceptors (Lipinski definition) is 4. The second-order valence-corrected chi connectivity index (χ2v) is 8.26. The summed E-state index contributed by atoms with van der Waals surface area (Å²) in [5, 5.41) is 0. The predicted molar refractivity (Wildman–Crippen MR) is 88.6 cm³/mol. The van der Waals surface area contributed by atoms with E-state index in [9.17, 15) is 0 Å². The van der Waals surface area contributed by atoms with Crippen LogP contribution >= 0.6 is 43.2 Å². The predicted octanol–water partition coefficient (Wildman–Crippen LogP) is 4.92. The van der Waals surface area contributed by atoms with Crippen LogP contribution in [-0.4, -0.2) is 9.97 Å². The molecule has 0 fully saturated rings. The van der Waals surface area contributed by atoms with Gasteiger partial charge in [-0.05, 0) is 44.8 Å². The van der Waals surface area contributed by atoms with Gasteiger partial charge in [-0.15, -0.1) is 11.3 Å². The van der Waals surface area contributed by atoms with Gasteiger partial charge in [0.25, 0.3) is 0 Å².